The molecular weight excluding hydrogens is 244 g/mol. The van der Waals surface area contributed by atoms with Crippen molar-refractivity contribution in [2.45, 2.75) is 105 Å². The van der Waals surface area contributed by atoms with Crippen LogP contribution in [0.15, 0.2) is 0 Å². The molecule has 0 aromatic heterocycles. The Labute approximate surface area is 128 Å². The molecule has 4 unspecified atom stereocenters. The lowest BCUT2D eigenvalue weighted by molar-refractivity contribution is 0.0866. The van der Waals surface area contributed by atoms with Crippen molar-refractivity contribution < 1.29 is 0 Å². The molecule has 0 aromatic rings. The molecule has 0 saturated heterocycles. The molecule has 0 radical (unpaired) electrons. The van der Waals surface area contributed by atoms with Crippen molar-refractivity contribution in [3.8, 4) is 0 Å². The van der Waals surface area contributed by atoms with E-state index in [0.717, 1.165) is 0 Å². The molecule has 20 heavy (non-hydrogen) atoms. The minimum Gasteiger partial charge on any atom is -0.297 e. The van der Waals surface area contributed by atoms with Gasteiger partial charge in [0.1, 0.15) is 0 Å². The molecule has 2 nitrogen and oxygen atoms in total. The first-order valence-corrected chi connectivity index (χ1v) is 8.94. The Morgan fingerprint density at radius 1 is 0.500 bits per heavy atom. The second-order valence-corrected chi connectivity index (χ2v) is 6.50. The Bertz CT molecular complexity index is 185. The van der Waals surface area contributed by atoms with Gasteiger partial charge in [-0.05, 0) is 53.4 Å². The summed E-state index contributed by atoms with van der Waals surface area (Å²) in [6.45, 7) is 21.2. The first kappa shape index (κ1) is 19.9. The summed E-state index contributed by atoms with van der Waals surface area (Å²) in [4.78, 5) is 5.41. The molecule has 122 valence electrons. The highest BCUT2D eigenvalue weighted by molar-refractivity contribution is 4.77. The summed E-state index contributed by atoms with van der Waals surface area (Å²) in [7, 11) is 0. The topological polar surface area (TPSA) is 6.48 Å². The Hall–Kier alpha value is -0.0800. The van der Waals surface area contributed by atoms with Crippen LogP contribution in [0.1, 0.15) is 81.1 Å². The molecule has 2 heteroatoms. The van der Waals surface area contributed by atoms with Crippen molar-refractivity contribution in [3.05, 3.63) is 0 Å². The highest BCUT2D eigenvalue weighted by Gasteiger charge is 2.22. The summed E-state index contributed by atoms with van der Waals surface area (Å²) in [6.07, 6.45) is 4.99. The van der Waals surface area contributed by atoms with E-state index in [1.807, 2.05) is 0 Å². The van der Waals surface area contributed by atoms with Gasteiger partial charge in [0.15, 0.2) is 0 Å². The van der Waals surface area contributed by atoms with Gasteiger partial charge in [0, 0.05) is 37.3 Å². The maximum Gasteiger partial charge on any atom is 0.0115 e. The fraction of sp³-hybridized carbons (Fsp3) is 1.00. The van der Waals surface area contributed by atoms with Crippen LogP contribution >= 0.6 is 0 Å². The van der Waals surface area contributed by atoms with Crippen LogP contribution in [0, 0.1) is 0 Å². The maximum absolute atomic E-state index is 2.71. The van der Waals surface area contributed by atoms with Crippen LogP contribution in [-0.2, 0) is 0 Å². The van der Waals surface area contributed by atoms with Gasteiger partial charge >= 0.3 is 0 Å². The van der Waals surface area contributed by atoms with E-state index in [4.69, 9.17) is 0 Å². The van der Waals surface area contributed by atoms with E-state index in [-0.39, 0.29) is 0 Å². The van der Waals surface area contributed by atoms with Crippen LogP contribution in [0.4, 0.5) is 0 Å². The fourth-order valence-electron chi connectivity index (χ4n) is 2.92. The largest absolute Gasteiger partial charge is 0.297 e. The van der Waals surface area contributed by atoms with Gasteiger partial charge in [-0.25, -0.2) is 0 Å². The Balaban J connectivity index is 4.68. The summed E-state index contributed by atoms with van der Waals surface area (Å²) in [5.41, 5.74) is 0. The number of rotatable bonds is 11. The second-order valence-electron chi connectivity index (χ2n) is 6.50. The molecule has 0 aromatic carbocycles. The molecular formula is C18H40N2. The average molecular weight is 285 g/mol. The molecule has 0 amide bonds. The molecule has 0 rings (SSSR count). The predicted molar refractivity (Wildman–Crippen MR) is 92.4 cm³/mol. The van der Waals surface area contributed by atoms with Gasteiger partial charge in [0.05, 0.1) is 0 Å². The van der Waals surface area contributed by atoms with Crippen molar-refractivity contribution in [1.29, 1.82) is 0 Å². The van der Waals surface area contributed by atoms with Crippen molar-refractivity contribution in [2.75, 3.05) is 13.1 Å². The zero-order valence-electron chi connectivity index (χ0n) is 15.4. The SMILES string of the molecule is CCC(C)N(CCN(C(C)CC)C(C)CC)C(C)CC. The van der Waals surface area contributed by atoms with Gasteiger partial charge < -0.3 is 0 Å². The Kier molecular flexibility index (Phi) is 10.6. The second kappa shape index (κ2) is 10.6. The minimum atomic E-state index is 0.695. The van der Waals surface area contributed by atoms with E-state index in [0.29, 0.717) is 24.2 Å². The van der Waals surface area contributed by atoms with Gasteiger partial charge in [-0.1, -0.05) is 27.7 Å². The van der Waals surface area contributed by atoms with Crippen LogP contribution < -0.4 is 0 Å². The average Bonchev–Trinajstić information content (AvgIpc) is 2.48. The number of nitrogens with zero attached hydrogens (tertiary/aromatic N) is 2. The van der Waals surface area contributed by atoms with Crippen molar-refractivity contribution in [2.24, 2.45) is 0 Å². The maximum atomic E-state index is 2.71. The third-order valence-electron chi connectivity index (χ3n) is 5.24. The predicted octanol–water partition coefficient (Wildman–Crippen LogP) is 4.78. The van der Waals surface area contributed by atoms with E-state index in [1.54, 1.807) is 0 Å². The molecule has 0 aliphatic carbocycles. The quantitative estimate of drug-likeness (QED) is 0.538. The Morgan fingerprint density at radius 3 is 0.850 bits per heavy atom. The molecule has 0 spiro atoms. The van der Waals surface area contributed by atoms with Crippen molar-refractivity contribution in [3.63, 3.8) is 0 Å². The van der Waals surface area contributed by atoms with Gasteiger partial charge in [-0.2, -0.15) is 0 Å². The number of hydrogen-bond acceptors (Lipinski definition) is 2. The van der Waals surface area contributed by atoms with Crippen LogP contribution in [0.3, 0.4) is 0 Å². The summed E-state index contributed by atoms with van der Waals surface area (Å²) in [6, 6.07) is 2.78. The van der Waals surface area contributed by atoms with Crippen molar-refractivity contribution >= 4 is 0 Å². The molecule has 0 bridgehead atoms. The highest BCUT2D eigenvalue weighted by Crippen LogP contribution is 2.15. The van der Waals surface area contributed by atoms with E-state index < -0.39 is 0 Å². The monoisotopic (exact) mass is 284 g/mol. The molecule has 0 aliphatic heterocycles. The lowest BCUT2D eigenvalue weighted by Crippen LogP contribution is -2.48. The zero-order valence-corrected chi connectivity index (χ0v) is 15.4. The van der Waals surface area contributed by atoms with Crippen LogP contribution in [0.5, 0.6) is 0 Å². The normalized spacial score (nSPS) is 18.3. The van der Waals surface area contributed by atoms with E-state index in [2.05, 4.69) is 65.2 Å². The first-order chi connectivity index (χ1) is 9.42. The molecule has 0 saturated carbocycles. The van der Waals surface area contributed by atoms with Crippen molar-refractivity contribution in [1.82, 2.24) is 9.80 Å². The van der Waals surface area contributed by atoms with Crippen LogP contribution in [0.25, 0.3) is 0 Å². The summed E-state index contributed by atoms with van der Waals surface area (Å²) < 4.78 is 0. The smallest absolute Gasteiger partial charge is 0.0115 e. The lowest BCUT2D eigenvalue weighted by atomic mass is 10.1. The summed E-state index contributed by atoms with van der Waals surface area (Å²) in [5.74, 6) is 0. The molecule has 0 heterocycles. The fourth-order valence-corrected chi connectivity index (χ4v) is 2.92. The van der Waals surface area contributed by atoms with Crippen LogP contribution in [0.2, 0.25) is 0 Å². The molecule has 0 fully saturated rings. The summed E-state index contributed by atoms with van der Waals surface area (Å²) in [5, 5.41) is 0. The minimum absolute atomic E-state index is 0.695. The Morgan fingerprint density at radius 2 is 0.700 bits per heavy atom. The third-order valence-corrected chi connectivity index (χ3v) is 5.24. The lowest BCUT2D eigenvalue weighted by Gasteiger charge is -2.39. The van der Waals surface area contributed by atoms with E-state index in [9.17, 15) is 0 Å². The van der Waals surface area contributed by atoms with E-state index in [1.165, 1.54) is 38.8 Å². The van der Waals surface area contributed by atoms with Crippen LogP contribution in [-0.4, -0.2) is 47.1 Å². The van der Waals surface area contributed by atoms with Gasteiger partial charge in [-0.15, -0.1) is 0 Å². The highest BCUT2D eigenvalue weighted by atomic mass is 15.2. The van der Waals surface area contributed by atoms with Gasteiger partial charge in [-0.3, -0.25) is 9.80 Å². The standard InChI is InChI=1S/C18H40N2/c1-9-15(5)19(16(6)10-2)13-14-20(17(7)11-3)18(8)12-4/h15-18H,9-14H2,1-8H3. The molecule has 0 N–H and O–H groups in total. The third kappa shape index (κ3) is 6.13. The van der Waals surface area contributed by atoms with E-state index >= 15 is 0 Å². The zero-order chi connectivity index (χ0) is 15.7. The molecule has 0 aliphatic rings. The number of hydrogen-bond donors (Lipinski definition) is 0. The van der Waals surface area contributed by atoms with Gasteiger partial charge in [0.2, 0.25) is 0 Å². The molecule has 4 atom stereocenters. The first-order valence-electron chi connectivity index (χ1n) is 8.94. The van der Waals surface area contributed by atoms with Gasteiger partial charge in [0.25, 0.3) is 0 Å². The summed E-state index contributed by atoms with van der Waals surface area (Å²) >= 11 is 0.